The van der Waals surface area contributed by atoms with Crippen LogP contribution in [0.25, 0.3) is 0 Å². The highest BCUT2D eigenvalue weighted by atomic mass is 16.3. The molecule has 0 radical (unpaired) electrons. The molecule has 1 heteroatoms. The number of aliphatic hydroxyl groups excluding tert-OH is 1. The SMILES string of the molecule is CCC1=C(CO)CCCC1. The van der Waals surface area contributed by atoms with Crippen LogP contribution >= 0.6 is 0 Å². The van der Waals surface area contributed by atoms with Gasteiger partial charge in [-0.2, -0.15) is 0 Å². The van der Waals surface area contributed by atoms with Crippen LogP contribution in [0.2, 0.25) is 0 Å². The van der Waals surface area contributed by atoms with Gasteiger partial charge in [-0.05, 0) is 37.7 Å². The minimum absolute atomic E-state index is 0.295. The van der Waals surface area contributed by atoms with E-state index >= 15 is 0 Å². The second-order valence-corrected chi connectivity index (χ2v) is 2.93. The molecule has 0 amide bonds. The van der Waals surface area contributed by atoms with Crippen molar-refractivity contribution in [1.82, 2.24) is 0 Å². The lowest BCUT2D eigenvalue weighted by Crippen LogP contribution is -2.02. The molecule has 0 atom stereocenters. The molecule has 1 nitrogen and oxygen atoms in total. The number of allylic oxidation sites excluding steroid dienone is 1. The molecule has 0 aromatic carbocycles. The molecule has 0 spiro atoms. The third-order valence-electron chi connectivity index (χ3n) is 2.32. The van der Waals surface area contributed by atoms with Crippen molar-refractivity contribution in [2.24, 2.45) is 0 Å². The van der Waals surface area contributed by atoms with Gasteiger partial charge in [-0.15, -0.1) is 0 Å². The van der Waals surface area contributed by atoms with Crippen LogP contribution in [-0.4, -0.2) is 11.7 Å². The highest BCUT2D eigenvalue weighted by Gasteiger charge is 2.09. The number of aliphatic hydroxyl groups is 1. The summed E-state index contributed by atoms with van der Waals surface area (Å²) in [6.45, 7) is 2.47. The fourth-order valence-corrected chi connectivity index (χ4v) is 1.65. The number of hydrogen-bond donors (Lipinski definition) is 1. The lowest BCUT2D eigenvalue weighted by molar-refractivity contribution is 0.320. The van der Waals surface area contributed by atoms with Crippen LogP contribution in [0.3, 0.4) is 0 Å². The topological polar surface area (TPSA) is 20.2 Å². The Morgan fingerprint density at radius 2 is 1.80 bits per heavy atom. The first kappa shape index (κ1) is 7.80. The third-order valence-corrected chi connectivity index (χ3v) is 2.32. The molecule has 1 N–H and O–H groups in total. The van der Waals surface area contributed by atoms with Crippen molar-refractivity contribution in [2.45, 2.75) is 39.0 Å². The zero-order valence-electron chi connectivity index (χ0n) is 6.69. The summed E-state index contributed by atoms with van der Waals surface area (Å²) < 4.78 is 0. The number of rotatable bonds is 2. The van der Waals surface area contributed by atoms with Crippen molar-refractivity contribution in [3.05, 3.63) is 11.1 Å². The van der Waals surface area contributed by atoms with Crippen LogP contribution in [0.15, 0.2) is 11.1 Å². The molecule has 0 aromatic heterocycles. The van der Waals surface area contributed by atoms with Crippen LogP contribution in [0, 0.1) is 0 Å². The van der Waals surface area contributed by atoms with Gasteiger partial charge >= 0.3 is 0 Å². The molecule has 0 aliphatic heterocycles. The maximum absolute atomic E-state index is 8.93. The van der Waals surface area contributed by atoms with Crippen LogP contribution in [-0.2, 0) is 0 Å². The minimum atomic E-state index is 0.295. The fourth-order valence-electron chi connectivity index (χ4n) is 1.65. The Bertz CT molecular complexity index is 120. The molecule has 0 aromatic rings. The molecule has 10 heavy (non-hydrogen) atoms. The van der Waals surface area contributed by atoms with Crippen LogP contribution < -0.4 is 0 Å². The van der Waals surface area contributed by atoms with Crippen molar-refractivity contribution >= 4 is 0 Å². The molecular formula is C9H16O. The van der Waals surface area contributed by atoms with Gasteiger partial charge in [0.1, 0.15) is 0 Å². The average Bonchev–Trinajstić information content (AvgIpc) is 2.04. The molecule has 0 heterocycles. The van der Waals surface area contributed by atoms with Gasteiger partial charge in [0.25, 0.3) is 0 Å². The molecule has 0 unspecified atom stereocenters. The van der Waals surface area contributed by atoms with Gasteiger partial charge in [0.2, 0.25) is 0 Å². The Balaban J connectivity index is 2.63. The van der Waals surface area contributed by atoms with Gasteiger partial charge in [0.15, 0.2) is 0 Å². The van der Waals surface area contributed by atoms with E-state index in [4.69, 9.17) is 5.11 Å². The van der Waals surface area contributed by atoms with E-state index in [9.17, 15) is 0 Å². The van der Waals surface area contributed by atoms with E-state index in [-0.39, 0.29) is 0 Å². The molecule has 58 valence electrons. The lowest BCUT2D eigenvalue weighted by atomic mass is 9.91. The van der Waals surface area contributed by atoms with E-state index in [0.717, 1.165) is 12.8 Å². The average molecular weight is 140 g/mol. The second kappa shape index (κ2) is 3.77. The molecule has 1 aliphatic carbocycles. The lowest BCUT2D eigenvalue weighted by Gasteiger charge is -2.17. The highest BCUT2D eigenvalue weighted by molar-refractivity contribution is 5.16. The summed E-state index contributed by atoms with van der Waals surface area (Å²) in [5.74, 6) is 0. The Morgan fingerprint density at radius 1 is 1.20 bits per heavy atom. The van der Waals surface area contributed by atoms with Gasteiger partial charge in [0, 0.05) is 0 Å². The number of hydrogen-bond acceptors (Lipinski definition) is 1. The molecule has 0 saturated heterocycles. The fraction of sp³-hybridized carbons (Fsp3) is 0.778. The smallest absolute Gasteiger partial charge is 0.0644 e. The first-order valence-electron chi connectivity index (χ1n) is 4.19. The summed E-state index contributed by atoms with van der Waals surface area (Å²) >= 11 is 0. The molecular weight excluding hydrogens is 124 g/mol. The van der Waals surface area contributed by atoms with Crippen LogP contribution in [0.5, 0.6) is 0 Å². The predicted molar refractivity (Wildman–Crippen MR) is 42.9 cm³/mol. The molecule has 0 fully saturated rings. The zero-order valence-corrected chi connectivity index (χ0v) is 6.69. The summed E-state index contributed by atoms with van der Waals surface area (Å²) in [6, 6.07) is 0. The van der Waals surface area contributed by atoms with Gasteiger partial charge < -0.3 is 5.11 Å². The predicted octanol–water partition coefficient (Wildman–Crippen LogP) is 2.26. The summed E-state index contributed by atoms with van der Waals surface area (Å²) in [5, 5.41) is 8.93. The first-order valence-corrected chi connectivity index (χ1v) is 4.19. The maximum atomic E-state index is 8.93. The van der Waals surface area contributed by atoms with Crippen molar-refractivity contribution in [2.75, 3.05) is 6.61 Å². The van der Waals surface area contributed by atoms with Gasteiger partial charge in [-0.1, -0.05) is 12.5 Å². The largest absolute Gasteiger partial charge is 0.392 e. The van der Waals surface area contributed by atoms with E-state index in [1.54, 1.807) is 0 Å². The summed E-state index contributed by atoms with van der Waals surface area (Å²) in [5.41, 5.74) is 2.82. The maximum Gasteiger partial charge on any atom is 0.0644 e. The Hall–Kier alpha value is -0.300. The Labute approximate surface area is 62.8 Å². The molecule has 0 bridgehead atoms. The van der Waals surface area contributed by atoms with E-state index < -0.39 is 0 Å². The van der Waals surface area contributed by atoms with Gasteiger partial charge in [0.05, 0.1) is 6.61 Å². The van der Waals surface area contributed by atoms with Gasteiger partial charge in [-0.25, -0.2) is 0 Å². The van der Waals surface area contributed by atoms with Crippen molar-refractivity contribution in [1.29, 1.82) is 0 Å². The summed E-state index contributed by atoms with van der Waals surface area (Å²) in [4.78, 5) is 0. The monoisotopic (exact) mass is 140 g/mol. The van der Waals surface area contributed by atoms with E-state index in [1.165, 1.54) is 30.4 Å². The third kappa shape index (κ3) is 1.60. The van der Waals surface area contributed by atoms with Crippen molar-refractivity contribution < 1.29 is 5.11 Å². The zero-order chi connectivity index (χ0) is 7.40. The Kier molecular flexibility index (Phi) is 2.94. The van der Waals surface area contributed by atoms with Crippen LogP contribution in [0.1, 0.15) is 39.0 Å². The second-order valence-electron chi connectivity index (χ2n) is 2.93. The van der Waals surface area contributed by atoms with E-state index in [1.807, 2.05) is 0 Å². The summed E-state index contributed by atoms with van der Waals surface area (Å²) in [6.07, 6.45) is 6.11. The summed E-state index contributed by atoms with van der Waals surface area (Å²) in [7, 11) is 0. The van der Waals surface area contributed by atoms with Gasteiger partial charge in [-0.3, -0.25) is 0 Å². The van der Waals surface area contributed by atoms with Crippen molar-refractivity contribution in [3.63, 3.8) is 0 Å². The molecule has 0 saturated carbocycles. The normalized spacial score (nSPS) is 19.8. The first-order chi connectivity index (χ1) is 4.88. The quantitative estimate of drug-likeness (QED) is 0.583. The Morgan fingerprint density at radius 3 is 2.20 bits per heavy atom. The molecule has 1 aliphatic rings. The highest BCUT2D eigenvalue weighted by Crippen LogP contribution is 2.25. The molecule has 1 rings (SSSR count). The standard InChI is InChI=1S/C9H16O/c1-2-8-5-3-4-6-9(8)7-10/h10H,2-7H2,1H3. The van der Waals surface area contributed by atoms with Crippen LogP contribution in [0.4, 0.5) is 0 Å². The van der Waals surface area contributed by atoms with E-state index in [0.29, 0.717) is 6.61 Å². The van der Waals surface area contributed by atoms with Crippen molar-refractivity contribution in [3.8, 4) is 0 Å². The van der Waals surface area contributed by atoms with E-state index in [2.05, 4.69) is 6.92 Å². The minimum Gasteiger partial charge on any atom is -0.392 e.